The van der Waals surface area contributed by atoms with Gasteiger partial charge in [0, 0.05) is 10.5 Å². The molecule has 0 aliphatic carbocycles. The molecular weight excluding hydrogens is 324 g/mol. The van der Waals surface area contributed by atoms with Crippen LogP contribution in [0, 0.1) is 0 Å². The van der Waals surface area contributed by atoms with Crippen LogP contribution in [0.2, 0.25) is 0 Å². The van der Waals surface area contributed by atoms with Crippen LogP contribution in [0.1, 0.15) is 10.4 Å². The molecule has 2 rings (SSSR count). The lowest BCUT2D eigenvalue weighted by molar-refractivity contribution is 0.102. The fourth-order valence-electron chi connectivity index (χ4n) is 1.63. The van der Waals surface area contributed by atoms with Crippen molar-refractivity contribution in [3.05, 3.63) is 46.6 Å². The predicted octanol–water partition coefficient (Wildman–Crippen LogP) is 3.11. The summed E-state index contributed by atoms with van der Waals surface area (Å²) < 4.78 is 10.9. The van der Waals surface area contributed by atoms with Crippen molar-refractivity contribution in [3.8, 4) is 11.6 Å². The van der Waals surface area contributed by atoms with Crippen molar-refractivity contribution in [1.29, 1.82) is 0 Å². The number of aromatic nitrogens is 1. The molecule has 6 heteroatoms. The molecule has 1 amide bonds. The van der Waals surface area contributed by atoms with E-state index in [0.29, 0.717) is 22.9 Å². The van der Waals surface area contributed by atoms with E-state index in [9.17, 15) is 4.79 Å². The van der Waals surface area contributed by atoms with Crippen molar-refractivity contribution in [2.45, 2.75) is 0 Å². The van der Waals surface area contributed by atoms with Gasteiger partial charge in [0.05, 0.1) is 31.7 Å². The van der Waals surface area contributed by atoms with Gasteiger partial charge in [-0.05, 0) is 24.3 Å². The number of methoxy groups -OCH3 is 2. The van der Waals surface area contributed by atoms with Gasteiger partial charge >= 0.3 is 0 Å². The number of ether oxygens (including phenoxy) is 2. The average molecular weight is 337 g/mol. The van der Waals surface area contributed by atoms with Crippen LogP contribution in [0.25, 0.3) is 0 Å². The molecule has 1 N–H and O–H groups in total. The number of amides is 1. The first kappa shape index (κ1) is 14.3. The van der Waals surface area contributed by atoms with Crippen LogP contribution in [0.5, 0.6) is 11.6 Å². The zero-order chi connectivity index (χ0) is 14.5. The third-order valence-electron chi connectivity index (χ3n) is 2.61. The SMILES string of the molecule is COc1ccc(NC(=O)c2cc(Br)ccc2OC)cn1. The minimum absolute atomic E-state index is 0.268. The van der Waals surface area contributed by atoms with Gasteiger partial charge in [0.15, 0.2) is 0 Å². The molecule has 0 atom stereocenters. The molecule has 1 heterocycles. The lowest BCUT2D eigenvalue weighted by atomic mass is 10.2. The summed E-state index contributed by atoms with van der Waals surface area (Å²) in [6.07, 6.45) is 1.53. The molecule has 1 aromatic heterocycles. The van der Waals surface area contributed by atoms with Crippen LogP contribution < -0.4 is 14.8 Å². The van der Waals surface area contributed by atoms with Gasteiger partial charge in [-0.15, -0.1) is 0 Å². The Kier molecular flexibility index (Phi) is 4.57. The summed E-state index contributed by atoms with van der Waals surface area (Å²) >= 11 is 3.33. The van der Waals surface area contributed by atoms with Gasteiger partial charge in [-0.2, -0.15) is 0 Å². The van der Waals surface area contributed by atoms with Crippen molar-refractivity contribution in [3.63, 3.8) is 0 Å². The van der Waals surface area contributed by atoms with Gasteiger partial charge in [-0.3, -0.25) is 4.79 Å². The smallest absolute Gasteiger partial charge is 0.259 e. The van der Waals surface area contributed by atoms with Crippen LogP contribution in [-0.4, -0.2) is 25.1 Å². The molecule has 0 saturated heterocycles. The van der Waals surface area contributed by atoms with Gasteiger partial charge in [0.2, 0.25) is 5.88 Å². The maximum Gasteiger partial charge on any atom is 0.259 e. The van der Waals surface area contributed by atoms with Gasteiger partial charge in [0.1, 0.15) is 5.75 Å². The number of halogens is 1. The third-order valence-corrected chi connectivity index (χ3v) is 3.10. The molecule has 0 unspecified atom stereocenters. The number of hydrogen-bond donors (Lipinski definition) is 1. The molecule has 0 aliphatic heterocycles. The summed E-state index contributed by atoms with van der Waals surface area (Å²) in [5.41, 5.74) is 1.02. The highest BCUT2D eigenvalue weighted by molar-refractivity contribution is 9.10. The summed E-state index contributed by atoms with van der Waals surface area (Å²) in [6, 6.07) is 8.63. The fourth-order valence-corrected chi connectivity index (χ4v) is 1.99. The Morgan fingerprint density at radius 2 is 2.00 bits per heavy atom. The molecule has 0 radical (unpaired) electrons. The molecule has 0 aliphatic rings. The largest absolute Gasteiger partial charge is 0.496 e. The van der Waals surface area contributed by atoms with Gasteiger partial charge < -0.3 is 14.8 Å². The summed E-state index contributed by atoms with van der Waals surface area (Å²) in [5, 5.41) is 2.75. The lowest BCUT2D eigenvalue weighted by Crippen LogP contribution is -2.13. The molecule has 0 fully saturated rings. The number of nitrogens with zero attached hydrogens (tertiary/aromatic N) is 1. The standard InChI is InChI=1S/C14H13BrN2O3/c1-19-12-5-3-9(15)7-11(12)14(18)17-10-4-6-13(20-2)16-8-10/h3-8H,1-2H3,(H,17,18). The fraction of sp³-hybridized carbons (Fsp3) is 0.143. The molecule has 20 heavy (non-hydrogen) atoms. The third kappa shape index (κ3) is 3.27. The molecule has 5 nitrogen and oxygen atoms in total. The Labute approximate surface area is 125 Å². The zero-order valence-corrected chi connectivity index (χ0v) is 12.6. The second-order valence-electron chi connectivity index (χ2n) is 3.89. The maximum absolute atomic E-state index is 12.2. The van der Waals surface area contributed by atoms with Crippen molar-refractivity contribution >= 4 is 27.5 Å². The van der Waals surface area contributed by atoms with E-state index in [1.807, 2.05) is 6.07 Å². The van der Waals surface area contributed by atoms with Crippen LogP contribution in [0.15, 0.2) is 41.0 Å². The van der Waals surface area contributed by atoms with Crippen molar-refractivity contribution in [1.82, 2.24) is 4.98 Å². The normalized spacial score (nSPS) is 9.95. The Bertz CT molecular complexity index is 614. The first-order chi connectivity index (χ1) is 9.63. The van der Waals surface area contributed by atoms with Crippen LogP contribution >= 0.6 is 15.9 Å². The summed E-state index contributed by atoms with van der Waals surface area (Å²) in [5.74, 6) is 0.727. The van der Waals surface area contributed by atoms with Crippen molar-refractivity contribution in [2.75, 3.05) is 19.5 Å². The monoisotopic (exact) mass is 336 g/mol. The molecule has 2 aromatic rings. The zero-order valence-electron chi connectivity index (χ0n) is 11.0. The minimum Gasteiger partial charge on any atom is -0.496 e. The second-order valence-corrected chi connectivity index (χ2v) is 4.80. The Hall–Kier alpha value is -2.08. The first-order valence-corrected chi connectivity index (χ1v) is 6.58. The summed E-state index contributed by atoms with van der Waals surface area (Å²) in [4.78, 5) is 16.3. The highest BCUT2D eigenvalue weighted by atomic mass is 79.9. The van der Waals surface area contributed by atoms with E-state index in [4.69, 9.17) is 9.47 Å². The van der Waals surface area contributed by atoms with Gasteiger partial charge in [0.25, 0.3) is 5.91 Å². The highest BCUT2D eigenvalue weighted by Gasteiger charge is 2.13. The maximum atomic E-state index is 12.2. The number of benzene rings is 1. The number of carbonyl (C=O) groups is 1. The molecule has 0 saturated carbocycles. The number of carbonyl (C=O) groups excluding carboxylic acids is 1. The Morgan fingerprint density at radius 1 is 1.20 bits per heavy atom. The lowest BCUT2D eigenvalue weighted by Gasteiger charge is -2.10. The summed E-state index contributed by atoms with van der Waals surface area (Å²) in [6.45, 7) is 0. The van der Waals surface area contributed by atoms with E-state index in [1.165, 1.54) is 20.4 Å². The predicted molar refractivity (Wildman–Crippen MR) is 79.4 cm³/mol. The van der Waals surface area contributed by atoms with Crippen molar-refractivity contribution in [2.24, 2.45) is 0 Å². The number of rotatable bonds is 4. The van der Waals surface area contributed by atoms with Gasteiger partial charge in [-0.1, -0.05) is 15.9 Å². The molecule has 0 spiro atoms. The van der Waals surface area contributed by atoms with Gasteiger partial charge in [-0.25, -0.2) is 4.98 Å². The number of pyridine rings is 1. The van der Waals surface area contributed by atoms with Crippen LogP contribution in [-0.2, 0) is 0 Å². The van der Waals surface area contributed by atoms with Crippen molar-refractivity contribution < 1.29 is 14.3 Å². The number of anilines is 1. The van der Waals surface area contributed by atoms with Crippen LogP contribution in [0.4, 0.5) is 5.69 Å². The first-order valence-electron chi connectivity index (χ1n) is 5.79. The molecular formula is C14H13BrN2O3. The Balaban J connectivity index is 2.20. The highest BCUT2D eigenvalue weighted by Crippen LogP contribution is 2.24. The van der Waals surface area contributed by atoms with E-state index in [-0.39, 0.29) is 5.91 Å². The van der Waals surface area contributed by atoms with E-state index in [1.54, 1.807) is 24.3 Å². The molecule has 0 bridgehead atoms. The van der Waals surface area contributed by atoms with E-state index in [2.05, 4.69) is 26.2 Å². The van der Waals surface area contributed by atoms with E-state index in [0.717, 1.165) is 4.47 Å². The molecule has 104 valence electrons. The summed E-state index contributed by atoms with van der Waals surface area (Å²) in [7, 11) is 3.06. The second kappa shape index (κ2) is 6.38. The Morgan fingerprint density at radius 3 is 2.60 bits per heavy atom. The quantitative estimate of drug-likeness (QED) is 0.931. The molecule has 1 aromatic carbocycles. The van der Waals surface area contributed by atoms with Crippen LogP contribution in [0.3, 0.4) is 0 Å². The van der Waals surface area contributed by atoms with E-state index < -0.39 is 0 Å². The van der Waals surface area contributed by atoms with E-state index >= 15 is 0 Å². The number of hydrogen-bond acceptors (Lipinski definition) is 4. The minimum atomic E-state index is -0.268. The number of nitrogens with one attached hydrogen (secondary N) is 1. The average Bonchev–Trinajstić information content (AvgIpc) is 2.48. The topological polar surface area (TPSA) is 60.5 Å².